The molecule has 0 radical (unpaired) electrons. The highest BCUT2D eigenvalue weighted by Gasteiger charge is 2.23. The van der Waals surface area contributed by atoms with Crippen LogP contribution in [0, 0.1) is 11.9 Å². The second kappa shape index (κ2) is 9.21. The van der Waals surface area contributed by atoms with Gasteiger partial charge in [0.2, 0.25) is 5.95 Å². The summed E-state index contributed by atoms with van der Waals surface area (Å²) in [6.07, 6.45) is 6.17. The summed E-state index contributed by atoms with van der Waals surface area (Å²) in [6, 6.07) is 5.27. The number of aromatic amines is 1. The molecule has 1 aliphatic heterocycles. The van der Waals surface area contributed by atoms with Gasteiger partial charge in [0.25, 0.3) is 0 Å². The summed E-state index contributed by atoms with van der Waals surface area (Å²) in [6.45, 7) is 4.01. The second-order valence-electron chi connectivity index (χ2n) is 7.24. The number of rotatable bonds is 6. The molecule has 158 valence electrons. The average molecular weight is 430 g/mol. The third kappa shape index (κ3) is 4.76. The van der Waals surface area contributed by atoms with Crippen molar-refractivity contribution in [1.29, 1.82) is 0 Å². The number of pyridine rings is 1. The van der Waals surface area contributed by atoms with E-state index in [0.717, 1.165) is 37.2 Å². The summed E-state index contributed by atoms with van der Waals surface area (Å²) in [5, 5.41) is 5.42. The number of carbonyl (C=O) groups excluding carboxylic acids is 1. The first-order chi connectivity index (χ1) is 14.6. The molecule has 4 rings (SSSR count). The molecule has 2 amide bonds. The predicted molar refractivity (Wildman–Crippen MR) is 115 cm³/mol. The highest BCUT2D eigenvalue weighted by atomic mass is 32.1. The van der Waals surface area contributed by atoms with Gasteiger partial charge in [-0.05, 0) is 61.8 Å². The number of anilines is 2. The van der Waals surface area contributed by atoms with Crippen molar-refractivity contribution < 1.29 is 9.18 Å². The van der Waals surface area contributed by atoms with Gasteiger partial charge in [-0.15, -0.1) is 0 Å². The van der Waals surface area contributed by atoms with E-state index in [-0.39, 0.29) is 6.03 Å². The van der Waals surface area contributed by atoms with Crippen molar-refractivity contribution in [3.8, 4) is 11.5 Å². The highest BCUT2D eigenvalue weighted by Crippen LogP contribution is 2.29. The van der Waals surface area contributed by atoms with E-state index in [4.69, 9.17) is 0 Å². The molecule has 1 saturated heterocycles. The molecule has 8 nitrogen and oxygen atoms in total. The zero-order valence-electron chi connectivity index (χ0n) is 16.7. The van der Waals surface area contributed by atoms with Crippen molar-refractivity contribution in [3.63, 3.8) is 0 Å². The lowest BCUT2D eigenvalue weighted by Gasteiger charge is -2.33. The van der Waals surface area contributed by atoms with Crippen molar-refractivity contribution in [2.75, 3.05) is 29.9 Å². The van der Waals surface area contributed by atoms with Gasteiger partial charge in [0.15, 0.2) is 5.82 Å². The van der Waals surface area contributed by atoms with Gasteiger partial charge >= 0.3 is 6.03 Å². The van der Waals surface area contributed by atoms with Gasteiger partial charge in [-0.1, -0.05) is 0 Å². The molecule has 0 saturated carbocycles. The van der Waals surface area contributed by atoms with E-state index in [1.54, 1.807) is 24.5 Å². The molecular weight excluding hydrogens is 405 g/mol. The predicted octanol–water partition coefficient (Wildman–Crippen LogP) is 3.67. The highest BCUT2D eigenvalue weighted by molar-refractivity contribution is 7.06. The molecule has 3 aromatic heterocycles. The van der Waals surface area contributed by atoms with Gasteiger partial charge in [-0.25, -0.2) is 14.8 Å². The molecule has 3 N–H and O–H groups in total. The Morgan fingerprint density at radius 2 is 2.20 bits per heavy atom. The maximum atomic E-state index is 14.6. The van der Waals surface area contributed by atoms with Crippen LogP contribution in [0.4, 0.5) is 20.7 Å². The van der Waals surface area contributed by atoms with Crippen LogP contribution in [-0.2, 0) is 6.42 Å². The minimum atomic E-state index is -0.467. The maximum Gasteiger partial charge on any atom is 0.320 e. The number of aromatic nitrogens is 4. The van der Waals surface area contributed by atoms with Crippen LogP contribution in [0.5, 0.6) is 0 Å². The number of nitrogens with zero attached hydrogens (tertiary/aromatic N) is 4. The molecule has 3 aromatic rings. The van der Waals surface area contributed by atoms with Gasteiger partial charge in [0.1, 0.15) is 11.5 Å². The normalized spacial score (nSPS) is 14.7. The van der Waals surface area contributed by atoms with Crippen molar-refractivity contribution in [1.82, 2.24) is 24.6 Å². The summed E-state index contributed by atoms with van der Waals surface area (Å²) < 4.78 is 18.9. The molecule has 10 heteroatoms. The van der Waals surface area contributed by atoms with Crippen molar-refractivity contribution in [2.45, 2.75) is 26.2 Å². The summed E-state index contributed by atoms with van der Waals surface area (Å²) in [5.41, 5.74) is 1.04. The number of H-pyrrole nitrogens is 1. The van der Waals surface area contributed by atoms with Gasteiger partial charge in [0.05, 0.1) is 5.69 Å². The Kier molecular flexibility index (Phi) is 6.22. The zero-order valence-corrected chi connectivity index (χ0v) is 17.5. The molecule has 1 aliphatic rings. The van der Waals surface area contributed by atoms with E-state index in [9.17, 15) is 9.18 Å². The molecule has 0 unspecified atom stereocenters. The lowest BCUT2D eigenvalue weighted by molar-refractivity contribution is 0.252. The Balaban J connectivity index is 1.31. The largest absolute Gasteiger partial charge is 0.368 e. The van der Waals surface area contributed by atoms with Crippen LogP contribution in [0.2, 0.25) is 0 Å². The van der Waals surface area contributed by atoms with Crippen LogP contribution >= 0.6 is 11.5 Å². The number of amides is 2. The minimum absolute atomic E-state index is 0.239. The quantitative estimate of drug-likeness (QED) is 0.519. The molecule has 1 fully saturated rings. The van der Waals surface area contributed by atoms with Gasteiger partial charge in [0, 0.05) is 36.9 Å². The molecular formula is C20H24FN7OS. The van der Waals surface area contributed by atoms with E-state index in [1.807, 2.05) is 13.0 Å². The average Bonchev–Trinajstić information content (AvgIpc) is 3.41. The number of carbonyl (C=O) groups is 1. The van der Waals surface area contributed by atoms with E-state index in [2.05, 4.69) is 34.9 Å². The number of imidazole rings is 1. The standard InChI is InChI=1S/C20H24FN7OS/c1-2-22-20(29)26-17-12-14(30-27-17)11-13-5-9-28(10-6-13)16-4-3-15(25-18(16)21)19-23-7-8-24-19/h3-4,7-8,12-13H,2,5-6,9-11H2,1H3,(H,23,24)(H2,22,26,27,29). The fourth-order valence-corrected chi connectivity index (χ4v) is 4.44. The van der Waals surface area contributed by atoms with Crippen LogP contribution < -0.4 is 15.5 Å². The fraction of sp³-hybridized carbons (Fsp3) is 0.400. The SMILES string of the molecule is CCNC(=O)Nc1cc(CC2CCN(c3ccc(-c4ncc[nH]4)nc3F)CC2)sn1. The second-order valence-corrected chi connectivity index (χ2v) is 8.13. The Morgan fingerprint density at radius 3 is 2.90 bits per heavy atom. The first-order valence-corrected chi connectivity index (χ1v) is 10.8. The lowest BCUT2D eigenvalue weighted by atomic mass is 9.92. The van der Waals surface area contributed by atoms with Crippen molar-refractivity contribution in [2.24, 2.45) is 5.92 Å². The molecule has 0 bridgehead atoms. The summed E-state index contributed by atoms with van der Waals surface area (Å²) in [5.74, 6) is 1.19. The number of halogens is 1. The third-order valence-electron chi connectivity index (χ3n) is 5.15. The number of hydrogen-bond donors (Lipinski definition) is 3. The summed E-state index contributed by atoms with van der Waals surface area (Å²) in [7, 11) is 0. The van der Waals surface area contributed by atoms with E-state index < -0.39 is 5.95 Å². The van der Waals surface area contributed by atoms with E-state index >= 15 is 0 Å². The molecule has 0 spiro atoms. The van der Waals surface area contributed by atoms with Crippen LogP contribution in [0.1, 0.15) is 24.6 Å². The topological polar surface area (TPSA) is 98.8 Å². The smallest absolute Gasteiger partial charge is 0.320 e. The molecule has 30 heavy (non-hydrogen) atoms. The van der Waals surface area contributed by atoms with Gasteiger partial charge in [-0.3, -0.25) is 5.32 Å². The Hall–Kier alpha value is -3.01. The van der Waals surface area contributed by atoms with Crippen LogP contribution in [0.15, 0.2) is 30.6 Å². The lowest BCUT2D eigenvalue weighted by Crippen LogP contribution is -2.35. The van der Waals surface area contributed by atoms with Crippen LogP contribution in [0.3, 0.4) is 0 Å². The van der Waals surface area contributed by atoms with Gasteiger partial charge in [-0.2, -0.15) is 8.76 Å². The fourth-order valence-electron chi connectivity index (χ4n) is 3.65. The van der Waals surface area contributed by atoms with Crippen LogP contribution in [-0.4, -0.2) is 45.0 Å². The first-order valence-electron chi connectivity index (χ1n) is 10.0. The first kappa shape index (κ1) is 20.3. The molecule has 4 heterocycles. The number of hydrogen-bond acceptors (Lipinski definition) is 6. The van der Waals surface area contributed by atoms with E-state index in [1.165, 1.54) is 11.5 Å². The molecule has 0 atom stereocenters. The summed E-state index contributed by atoms with van der Waals surface area (Å²) in [4.78, 5) is 25.9. The molecule has 0 aliphatic carbocycles. The Labute approximate surface area is 178 Å². The van der Waals surface area contributed by atoms with Gasteiger partial charge < -0.3 is 15.2 Å². The van der Waals surface area contributed by atoms with Crippen molar-refractivity contribution in [3.05, 3.63) is 41.4 Å². The molecule has 0 aromatic carbocycles. The number of urea groups is 1. The summed E-state index contributed by atoms with van der Waals surface area (Å²) >= 11 is 1.42. The van der Waals surface area contributed by atoms with Crippen LogP contribution in [0.25, 0.3) is 11.5 Å². The maximum absolute atomic E-state index is 14.6. The monoisotopic (exact) mass is 429 g/mol. The zero-order chi connectivity index (χ0) is 20.9. The van der Waals surface area contributed by atoms with E-state index in [0.29, 0.717) is 35.5 Å². The minimum Gasteiger partial charge on any atom is -0.368 e. The third-order valence-corrected chi connectivity index (χ3v) is 5.96. The Bertz CT molecular complexity index is 983. The van der Waals surface area contributed by atoms with Crippen molar-refractivity contribution >= 4 is 29.1 Å². The Morgan fingerprint density at radius 1 is 1.37 bits per heavy atom. The number of piperidine rings is 1. The number of nitrogens with one attached hydrogen (secondary N) is 3.